The maximum atomic E-state index is 9.78. The summed E-state index contributed by atoms with van der Waals surface area (Å²) in [6.45, 7) is 0.304. The Kier molecular flexibility index (Phi) is 2.23. The second-order valence-electron chi connectivity index (χ2n) is 1.51. The summed E-state index contributed by atoms with van der Waals surface area (Å²) in [5, 5.41) is 0.305. The smallest absolute Gasteiger partial charge is 0.299 e. The van der Waals surface area contributed by atoms with Crippen molar-refractivity contribution in [3.8, 4) is 5.88 Å². The summed E-state index contributed by atoms with van der Waals surface area (Å²) < 4.78 is 4.41. The van der Waals surface area contributed by atoms with Gasteiger partial charge in [-0.25, -0.2) is 4.98 Å². The van der Waals surface area contributed by atoms with Crippen LogP contribution in [0.3, 0.4) is 0 Å². The Labute approximate surface area is 62.6 Å². The molecule has 0 unspecified atom stereocenters. The lowest BCUT2D eigenvalue weighted by Gasteiger charge is -1.93. The third-order valence-corrected chi connectivity index (χ3v) is 1.07. The maximum Gasteiger partial charge on any atom is 0.299 e. The first-order chi connectivity index (χ1) is 4.83. The molecule has 1 aromatic heterocycles. The van der Waals surface area contributed by atoms with E-state index < -0.39 is 0 Å². The van der Waals surface area contributed by atoms with Crippen molar-refractivity contribution in [1.82, 2.24) is 4.98 Å². The highest BCUT2D eigenvalue weighted by Gasteiger charge is 1.92. The molecule has 0 atom stereocenters. The van der Waals surface area contributed by atoms with Gasteiger partial charge in [0.05, 0.1) is 0 Å². The van der Waals surface area contributed by atoms with E-state index in [1.165, 1.54) is 0 Å². The zero-order chi connectivity index (χ0) is 7.40. The van der Waals surface area contributed by atoms with E-state index in [1.807, 2.05) is 0 Å². The van der Waals surface area contributed by atoms with Crippen molar-refractivity contribution in [3.63, 3.8) is 0 Å². The number of nitrogens with zero attached hydrogens (tertiary/aromatic N) is 1. The number of rotatable bonds is 2. The first-order valence-electron chi connectivity index (χ1n) is 2.56. The highest BCUT2D eigenvalue weighted by Crippen LogP contribution is 2.09. The van der Waals surface area contributed by atoms with Crippen LogP contribution in [-0.4, -0.2) is 11.5 Å². The summed E-state index contributed by atoms with van der Waals surface area (Å²) in [4.78, 5) is 13.5. The SMILES string of the molecule is O=COc1cccc(Cl)n1. The highest BCUT2D eigenvalue weighted by molar-refractivity contribution is 6.29. The van der Waals surface area contributed by atoms with Gasteiger partial charge in [0.2, 0.25) is 5.88 Å². The number of hydrogen-bond donors (Lipinski definition) is 0. The lowest BCUT2D eigenvalue weighted by Crippen LogP contribution is -1.90. The van der Waals surface area contributed by atoms with Crippen LogP contribution in [0.15, 0.2) is 18.2 Å². The minimum absolute atomic E-state index is 0.211. The number of halogens is 1. The van der Waals surface area contributed by atoms with Crippen molar-refractivity contribution in [1.29, 1.82) is 0 Å². The molecule has 3 nitrogen and oxygen atoms in total. The molecule has 0 aliphatic heterocycles. The second kappa shape index (κ2) is 3.17. The molecule has 0 aromatic carbocycles. The van der Waals surface area contributed by atoms with E-state index >= 15 is 0 Å². The van der Waals surface area contributed by atoms with E-state index in [2.05, 4.69) is 9.72 Å². The first-order valence-corrected chi connectivity index (χ1v) is 2.93. The van der Waals surface area contributed by atoms with Crippen LogP contribution < -0.4 is 4.74 Å². The van der Waals surface area contributed by atoms with Crippen LogP contribution in [0.1, 0.15) is 0 Å². The molecule has 10 heavy (non-hydrogen) atoms. The van der Waals surface area contributed by atoms with Gasteiger partial charge < -0.3 is 4.74 Å². The van der Waals surface area contributed by atoms with Crippen molar-refractivity contribution >= 4 is 18.1 Å². The molecule has 0 amide bonds. The molecule has 1 heterocycles. The highest BCUT2D eigenvalue weighted by atomic mass is 35.5. The zero-order valence-corrected chi connectivity index (χ0v) is 5.71. The molecular weight excluding hydrogens is 154 g/mol. The predicted octanol–water partition coefficient (Wildman–Crippen LogP) is 1.27. The lowest BCUT2D eigenvalue weighted by molar-refractivity contribution is -0.120. The predicted molar refractivity (Wildman–Crippen MR) is 35.9 cm³/mol. The molecule has 0 fully saturated rings. The third-order valence-electron chi connectivity index (χ3n) is 0.858. The van der Waals surface area contributed by atoms with Gasteiger partial charge >= 0.3 is 0 Å². The van der Waals surface area contributed by atoms with Crippen LogP contribution in [0.5, 0.6) is 5.88 Å². The Morgan fingerprint density at radius 1 is 1.60 bits per heavy atom. The number of ether oxygens (including phenoxy) is 1. The minimum Gasteiger partial charge on any atom is -0.410 e. The van der Waals surface area contributed by atoms with Crippen LogP contribution in [0, 0.1) is 0 Å². The Balaban J connectivity index is 2.84. The second-order valence-corrected chi connectivity index (χ2v) is 1.90. The molecule has 1 rings (SSSR count). The molecule has 52 valence electrons. The summed E-state index contributed by atoms with van der Waals surface area (Å²) in [5.41, 5.74) is 0. The fourth-order valence-electron chi connectivity index (χ4n) is 0.505. The van der Waals surface area contributed by atoms with Crippen molar-refractivity contribution < 1.29 is 9.53 Å². The fraction of sp³-hybridized carbons (Fsp3) is 0. The standard InChI is InChI=1S/C6H4ClNO2/c7-5-2-1-3-6(8-5)10-4-9/h1-4H. The van der Waals surface area contributed by atoms with Gasteiger partial charge in [-0.3, -0.25) is 4.79 Å². The number of carbonyl (C=O) groups is 1. The molecule has 0 aliphatic rings. The van der Waals surface area contributed by atoms with Gasteiger partial charge in [0.25, 0.3) is 6.47 Å². The van der Waals surface area contributed by atoms with E-state index in [1.54, 1.807) is 18.2 Å². The molecule has 0 saturated carbocycles. The van der Waals surface area contributed by atoms with Crippen LogP contribution in [-0.2, 0) is 4.79 Å². The average Bonchev–Trinajstić information content (AvgIpc) is 1.88. The number of pyridine rings is 1. The Morgan fingerprint density at radius 3 is 3.00 bits per heavy atom. The van der Waals surface area contributed by atoms with Gasteiger partial charge in [0, 0.05) is 6.07 Å². The summed E-state index contributed by atoms with van der Waals surface area (Å²) >= 11 is 5.47. The molecule has 0 aliphatic carbocycles. The zero-order valence-electron chi connectivity index (χ0n) is 4.95. The molecular formula is C6H4ClNO2. The molecule has 0 spiro atoms. The summed E-state index contributed by atoms with van der Waals surface area (Å²) in [7, 11) is 0. The maximum absolute atomic E-state index is 9.78. The lowest BCUT2D eigenvalue weighted by atomic mass is 10.5. The number of hydrogen-bond acceptors (Lipinski definition) is 3. The molecule has 4 heteroatoms. The van der Waals surface area contributed by atoms with Gasteiger partial charge in [-0.05, 0) is 6.07 Å². The molecule has 0 N–H and O–H groups in total. The van der Waals surface area contributed by atoms with E-state index in [0.717, 1.165) is 0 Å². The summed E-state index contributed by atoms with van der Waals surface area (Å²) in [6.07, 6.45) is 0. The van der Waals surface area contributed by atoms with Crippen LogP contribution in [0.2, 0.25) is 5.15 Å². The van der Waals surface area contributed by atoms with Crippen LogP contribution in [0.4, 0.5) is 0 Å². The topological polar surface area (TPSA) is 39.2 Å². The minimum atomic E-state index is 0.211. The van der Waals surface area contributed by atoms with Crippen molar-refractivity contribution in [2.45, 2.75) is 0 Å². The summed E-state index contributed by atoms with van der Waals surface area (Å²) in [6, 6.07) is 4.79. The van der Waals surface area contributed by atoms with Crippen LogP contribution in [0.25, 0.3) is 0 Å². The van der Waals surface area contributed by atoms with Crippen molar-refractivity contribution in [2.75, 3.05) is 0 Å². The van der Waals surface area contributed by atoms with E-state index in [-0.39, 0.29) is 5.88 Å². The molecule has 0 saturated heterocycles. The number of aromatic nitrogens is 1. The molecule has 0 radical (unpaired) electrons. The van der Waals surface area contributed by atoms with Gasteiger partial charge in [-0.1, -0.05) is 17.7 Å². The average molecular weight is 158 g/mol. The van der Waals surface area contributed by atoms with E-state index in [0.29, 0.717) is 11.6 Å². The molecule has 0 bridgehead atoms. The Hall–Kier alpha value is -1.09. The summed E-state index contributed by atoms with van der Waals surface area (Å²) in [5.74, 6) is 0.211. The Bertz CT molecular complexity index is 239. The third kappa shape index (κ3) is 1.70. The fourth-order valence-corrected chi connectivity index (χ4v) is 0.661. The van der Waals surface area contributed by atoms with E-state index in [4.69, 9.17) is 11.6 Å². The molecule has 1 aromatic rings. The van der Waals surface area contributed by atoms with Crippen molar-refractivity contribution in [2.24, 2.45) is 0 Å². The van der Waals surface area contributed by atoms with Gasteiger partial charge in [0.1, 0.15) is 5.15 Å². The monoisotopic (exact) mass is 157 g/mol. The van der Waals surface area contributed by atoms with Gasteiger partial charge in [-0.2, -0.15) is 0 Å². The first kappa shape index (κ1) is 7.02. The van der Waals surface area contributed by atoms with Crippen molar-refractivity contribution in [3.05, 3.63) is 23.4 Å². The van der Waals surface area contributed by atoms with E-state index in [9.17, 15) is 4.79 Å². The number of carbonyl (C=O) groups excluding carboxylic acids is 1. The van der Waals surface area contributed by atoms with Gasteiger partial charge in [-0.15, -0.1) is 0 Å². The van der Waals surface area contributed by atoms with Crippen LogP contribution >= 0.6 is 11.6 Å². The largest absolute Gasteiger partial charge is 0.410 e. The van der Waals surface area contributed by atoms with Gasteiger partial charge in [0.15, 0.2) is 0 Å². The normalized spacial score (nSPS) is 8.90. The quantitative estimate of drug-likeness (QED) is 0.480. The Morgan fingerprint density at radius 2 is 2.40 bits per heavy atom.